The predicted molar refractivity (Wildman–Crippen MR) is 95.8 cm³/mol. The number of hydrogen-bond acceptors (Lipinski definition) is 5. The van der Waals surface area contributed by atoms with Gasteiger partial charge < -0.3 is 14.2 Å². The molecule has 0 aliphatic carbocycles. The van der Waals surface area contributed by atoms with E-state index in [0.717, 1.165) is 25.9 Å². The van der Waals surface area contributed by atoms with Gasteiger partial charge in [0, 0.05) is 12.8 Å². The number of rotatable bonds is 9. The fraction of sp³-hybridized carbons (Fsp3) is 0.947. The lowest BCUT2D eigenvalue weighted by Gasteiger charge is -2.38. The lowest BCUT2D eigenvalue weighted by molar-refractivity contribution is -0.248. The van der Waals surface area contributed by atoms with Gasteiger partial charge in [0.25, 0.3) is 0 Å². The van der Waals surface area contributed by atoms with Crippen LogP contribution in [0.4, 0.5) is 0 Å². The summed E-state index contributed by atoms with van der Waals surface area (Å²) in [6.45, 7) is 16.7. The molecule has 1 rings (SSSR count). The molecule has 1 fully saturated rings. The van der Waals surface area contributed by atoms with Crippen LogP contribution in [0.2, 0.25) is 0 Å². The quantitative estimate of drug-likeness (QED) is 0.600. The SMILES string of the molecule is CCN(CC)CC(=O)OC(CC1CC(C(C)C)OC(C)O1)C(C)C. The highest BCUT2D eigenvalue weighted by Crippen LogP contribution is 2.28. The summed E-state index contributed by atoms with van der Waals surface area (Å²) in [5.41, 5.74) is 0. The van der Waals surface area contributed by atoms with Crippen LogP contribution in [-0.4, -0.2) is 55.1 Å². The Hall–Kier alpha value is -0.650. The average Bonchev–Trinajstić information content (AvgIpc) is 2.51. The van der Waals surface area contributed by atoms with Crippen molar-refractivity contribution >= 4 is 5.97 Å². The van der Waals surface area contributed by atoms with Crippen LogP contribution in [0.3, 0.4) is 0 Å². The normalized spacial score (nSPS) is 26.2. The van der Waals surface area contributed by atoms with Gasteiger partial charge in [0.05, 0.1) is 18.8 Å². The molecule has 142 valence electrons. The van der Waals surface area contributed by atoms with E-state index in [1.165, 1.54) is 0 Å². The predicted octanol–water partition coefficient (Wildman–Crippen LogP) is 3.46. The van der Waals surface area contributed by atoms with Gasteiger partial charge >= 0.3 is 5.97 Å². The zero-order valence-electron chi connectivity index (χ0n) is 16.6. The summed E-state index contributed by atoms with van der Waals surface area (Å²) >= 11 is 0. The summed E-state index contributed by atoms with van der Waals surface area (Å²) in [4.78, 5) is 14.3. The number of carbonyl (C=O) groups excluding carboxylic acids is 1. The van der Waals surface area contributed by atoms with E-state index in [1.807, 2.05) is 6.92 Å². The maximum Gasteiger partial charge on any atom is 0.320 e. The molecule has 0 radical (unpaired) electrons. The highest BCUT2D eigenvalue weighted by Gasteiger charge is 2.33. The van der Waals surface area contributed by atoms with Gasteiger partial charge in [0.1, 0.15) is 6.10 Å². The van der Waals surface area contributed by atoms with E-state index < -0.39 is 0 Å². The van der Waals surface area contributed by atoms with Gasteiger partial charge in [-0.15, -0.1) is 0 Å². The van der Waals surface area contributed by atoms with E-state index in [-0.39, 0.29) is 36.5 Å². The maximum atomic E-state index is 12.2. The molecular formula is C19H37NO4. The van der Waals surface area contributed by atoms with Crippen molar-refractivity contribution in [1.82, 2.24) is 4.90 Å². The molecule has 5 heteroatoms. The third kappa shape index (κ3) is 7.08. The summed E-state index contributed by atoms with van der Waals surface area (Å²) in [5, 5.41) is 0. The second kappa shape index (κ2) is 10.4. The Kier molecular flexibility index (Phi) is 9.24. The van der Waals surface area contributed by atoms with Gasteiger partial charge in [-0.05, 0) is 31.8 Å². The van der Waals surface area contributed by atoms with Gasteiger partial charge in [-0.1, -0.05) is 41.5 Å². The van der Waals surface area contributed by atoms with E-state index >= 15 is 0 Å². The first-order valence-corrected chi connectivity index (χ1v) is 9.49. The molecule has 0 aromatic rings. The minimum absolute atomic E-state index is 0.0785. The first kappa shape index (κ1) is 21.4. The molecule has 0 saturated carbocycles. The summed E-state index contributed by atoms with van der Waals surface area (Å²) < 4.78 is 17.6. The van der Waals surface area contributed by atoms with Crippen LogP contribution in [0, 0.1) is 11.8 Å². The summed E-state index contributed by atoms with van der Waals surface area (Å²) in [7, 11) is 0. The Morgan fingerprint density at radius 1 is 1.17 bits per heavy atom. The van der Waals surface area contributed by atoms with Gasteiger partial charge in [-0.25, -0.2) is 0 Å². The molecule has 1 heterocycles. The number of esters is 1. The fourth-order valence-corrected chi connectivity index (χ4v) is 3.05. The lowest BCUT2D eigenvalue weighted by atomic mass is 9.93. The number of likely N-dealkylation sites (N-methyl/N-ethyl adjacent to an activating group) is 1. The molecule has 0 spiro atoms. The second-order valence-electron chi connectivity index (χ2n) is 7.45. The molecule has 4 unspecified atom stereocenters. The molecular weight excluding hydrogens is 306 g/mol. The minimum Gasteiger partial charge on any atom is -0.461 e. The maximum absolute atomic E-state index is 12.2. The van der Waals surface area contributed by atoms with Crippen molar-refractivity contribution < 1.29 is 19.0 Å². The molecule has 0 aromatic carbocycles. The highest BCUT2D eigenvalue weighted by molar-refractivity contribution is 5.71. The summed E-state index contributed by atoms with van der Waals surface area (Å²) in [6, 6.07) is 0. The van der Waals surface area contributed by atoms with Crippen LogP contribution in [0.15, 0.2) is 0 Å². The van der Waals surface area contributed by atoms with Crippen LogP contribution < -0.4 is 0 Å². The Balaban J connectivity index is 2.60. The molecule has 24 heavy (non-hydrogen) atoms. The van der Waals surface area contributed by atoms with Crippen molar-refractivity contribution in [2.75, 3.05) is 19.6 Å². The molecule has 5 nitrogen and oxygen atoms in total. The zero-order chi connectivity index (χ0) is 18.3. The molecule has 0 bridgehead atoms. The topological polar surface area (TPSA) is 48.0 Å². The molecule has 1 saturated heterocycles. The van der Waals surface area contributed by atoms with Gasteiger partial charge in [0.15, 0.2) is 6.29 Å². The van der Waals surface area contributed by atoms with Crippen molar-refractivity contribution in [2.45, 2.75) is 85.9 Å². The first-order chi connectivity index (χ1) is 11.3. The van der Waals surface area contributed by atoms with Gasteiger partial charge in [-0.2, -0.15) is 0 Å². The summed E-state index contributed by atoms with van der Waals surface area (Å²) in [5.74, 6) is 0.587. The van der Waals surface area contributed by atoms with Gasteiger partial charge in [-0.3, -0.25) is 9.69 Å². The van der Waals surface area contributed by atoms with E-state index in [4.69, 9.17) is 14.2 Å². The van der Waals surface area contributed by atoms with Gasteiger partial charge in [0.2, 0.25) is 0 Å². The van der Waals surface area contributed by atoms with Crippen molar-refractivity contribution in [3.8, 4) is 0 Å². The number of carbonyl (C=O) groups is 1. The molecule has 0 amide bonds. The largest absolute Gasteiger partial charge is 0.461 e. The Bertz CT molecular complexity index is 368. The fourth-order valence-electron chi connectivity index (χ4n) is 3.05. The standard InChI is InChI=1S/C19H37NO4/c1-8-20(9-2)12-19(21)24-18(14(5)6)11-16-10-17(13(3)4)23-15(7)22-16/h13-18H,8-12H2,1-7H3. The molecule has 4 atom stereocenters. The molecule has 1 aliphatic rings. The average molecular weight is 344 g/mol. The van der Waals surface area contributed by atoms with Crippen LogP contribution in [-0.2, 0) is 19.0 Å². The smallest absolute Gasteiger partial charge is 0.320 e. The van der Waals surface area contributed by atoms with E-state index in [0.29, 0.717) is 12.5 Å². The Morgan fingerprint density at radius 2 is 1.79 bits per heavy atom. The third-order valence-electron chi connectivity index (χ3n) is 4.76. The van der Waals surface area contributed by atoms with Crippen molar-refractivity contribution in [2.24, 2.45) is 11.8 Å². The van der Waals surface area contributed by atoms with Crippen LogP contribution in [0.25, 0.3) is 0 Å². The molecule has 0 N–H and O–H groups in total. The number of hydrogen-bond donors (Lipinski definition) is 0. The molecule has 0 aromatic heterocycles. The highest BCUT2D eigenvalue weighted by atomic mass is 16.7. The first-order valence-electron chi connectivity index (χ1n) is 9.49. The Labute approximate surface area is 148 Å². The third-order valence-corrected chi connectivity index (χ3v) is 4.76. The molecule has 1 aliphatic heterocycles. The monoisotopic (exact) mass is 343 g/mol. The summed E-state index contributed by atoms with van der Waals surface area (Å²) in [6.07, 6.45) is 1.57. The van der Waals surface area contributed by atoms with E-state index in [2.05, 4.69) is 46.4 Å². The minimum atomic E-state index is -0.199. The zero-order valence-corrected chi connectivity index (χ0v) is 16.6. The van der Waals surface area contributed by atoms with Crippen molar-refractivity contribution in [1.29, 1.82) is 0 Å². The second-order valence-corrected chi connectivity index (χ2v) is 7.45. The van der Waals surface area contributed by atoms with Crippen LogP contribution in [0.1, 0.15) is 61.3 Å². The van der Waals surface area contributed by atoms with Crippen LogP contribution in [0.5, 0.6) is 0 Å². The number of nitrogens with zero attached hydrogens (tertiary/aromatic N) is 1. The lowest BCUT2D eigenvalue weighted by Crippen LogP contribution is -2.42. The van der Waals surface area contributed by atoms with E-state index in [9.17, 15) is 4.79 Å². The van der Waals surface area contributed by atoms with E-state index in [1.54, 1.807) is 0 Å². The number of ether oxygens (including phenoxy) is 3. The van der Waals surface area contributed by atoms with Crippen LogP contribution >= 0.6 is 0 Å². The van der Waals surface area contributed by atoms with Crippen molar-refractivity contribution in [3.05, 3.63) is 0 Å². The van der Waals surface area contributed by atoms with Crippen molar-refractivity contribution in [3.63, 3.8) is 0 Å². The Morgan fingerprint density at radius 3 is 2.29 bits per heavy atom.